The van der Waals surface area contributed by atoms with Crippen molar-refractivity contribution in [1.82, 2.24) is 5.32 Å². The summed E-state index contributed by atoms with van der Waals surface area (Å²) in [6.45, 7) is 2.06. The maximum atomic E-state index is 12.4. The molecule has 0 heterocycles. The van der Waals surface area contributed by atoms with Crippen LogP contribution in [0, 0.1) is 0 Å². The minimum absolute atomic E-state index is 0.0121. The first kappa shape index (κ1) is 16.9. The summed E-state index contributed by atoms with van der Waals surface area (Å²) in [5, 5.41) is 3.09. The number of hydrogen-bond acceptors (Lipinski definition) is 3. The number of ether oxygens (including phenoxy) is 1. The Balaban J connectivity index is 2.09. The summed E-state index contributed by atoms with van der Waals surface area (Å²) in [6.07, 6.45) is 0.827. The molecule has 1 N–H and O–H groups in total. The summed E-state index contributed by atoms with van der Waals surface area (Å²) in [5.41, 5.74) is 2.82. The lowest BCUT2D eigenvalue weighted by Gasteiger charge is -2.18. The van der Waals surface area contributed by atoms with Gasteiger partial charge in [0.15, 0.2) is 0 Å². The van der Waals surface area contributed by atoms with Crippen LogP contribution in [0.4, 0.5) is 5.69 Å². The molecule has 0 fully saturated rings. The highest BCUT2D eigenvalue weighted by molar-refractivity contribution is 5.94. The Labute approximate surface area is 138 Å². The van der Waals surface area contributed by atoms with E-state index in [-0.39, 0.29) is 11.9 Å². The molecule has 1 atom stereocenters. The molecule has 2 aromatic carbocycles. The lowest BCUT2D eigenvalue weighted by atomic mass is 10.0. The van der Waals surface area contributed by atoms with Crippen molar-refractivity contribution < 1.29 is 9.53 Å². The molecule has 0 radical (unpaired) electrons. The molecule has 122 valence electrons. The van der Waals surface area contributed by atoms with E-state index in [0.717, 1.165) is 23.4 Å². The molecule has 0 bridgehead atoms. The fourth-order valence-electron chi connectivity index (χ4n) is 2.41. The molecule has 0 saturated carbocycles. The monoisotopic (exact) mass is 312 g/mol. The standard InChI is InChI=1S/C19H24N2O2/c1-5-18(14-8-12-17(23-4)13-9-14)20-19(22)15-6-10-16(11-7-15)21(2)3/h6-13,18H,5H2,1-4H3,(H,20,22). The van der Waals surface area contributed by atoms with Crippen LogP contribution in [0.3, 0.4) is 0 Å². The van der Waals surface area contributed by atoms with Crippen molar-refractivity contribution >= 4 is 11.6 Å². The molecule has 0 aliphatic carbocycles. The summed E-state index contributed by atoms with van der Waals surface area (Å²) in [5.74, 6) is 0.757. The quantitative estimate of drug-likeness (QED) is 0.885. The Kier molecular flexibility index (Phi) is 5.63. The molecule has 23 heavy (non-hydrogen) atoms. The van der Waals surface area contributed by atoms with E-state index >= 15 is 0 Å². The summed E-state index contributed by atoms with van der Waals surface area (Å²) >= 11 is 0. The minimum atomic E-state index is -0.0574. The Hall–Kier alpha value is -2.49. The second-order valence-electron chi connectivity index (χ2n) is 5.65. The second kappa shape index (κ2) is 7.68. The van der Waals surface area contributed by atoms with Gasteiger partial charge in [-0.2, -0.15) is 0 Å². The molecule has 0 spiro atoms. The molecule has 0 saturated heterocycles. The van der Waals surface area contributed by atoms with E-state index in [1.807, 2.05) is 67.5 Å². The fourth-order valence-corrected chi connectivity index (χ4v) is 2.41. The number of benzene rings is 2. The largest absolute Gasteiger partial charge is 0.497 e. The van der Waals surface area contributed by atoms with Gasteiger partial charge in [-0.05, 0) is 48.4 Å². The lowest BCUT2D eigenvalue weighted by molar-refractivity contribution is 0.0935. The first-order valence-corrected chi connectivity index (χ1v) is 7.77. The van der Waals surface area contributed by atoms with Crippen molar-refractivity contribution in [3.63, 3.8) is 0 Å². The number of rotatable bonds is 6. The molecule has 0 aromatic heterocycles. The third-order valence-electron chi connectivity index (χ3n) is 3.88. The van der Waals surface area contributed by atoms with Crippen LogP contribution < -0.4 is 15.0 Å². The van der Waals surface area contributed by atoms with Gasteiger partial charge in [-0.3, -0.25) is 4.79 Å². The molecule has 1 unspecified atom stereocenters. The van der Waals surface area contributed by atoms with Crippen LogP contribution in [0.1, 0.15) is 35.3 Å². The maximum Gasteiger partial charge on any atom is 0.251 e. The van der Waals surface area contributed by atoms with E-state index in [1.54, 1.807) is 7.11 Å². The van der Waals surface area contributed by atoms with E-state index < -0.39 is 0 Å². The Morgan fingerprint density at radius 3 is 2.17 bits per heavy atom. The number of nitrogens with zero attached hydrogens (tertiary/aromatic N) is 1. The topological polar surface area (TPSA) is 41.6 Å². The maximum absolute atomic E-state index is 12.4. The molecule has 2 aromatic rings. The molecule has 0 aliphatic rings. The predicted molar refractivity (Wildman–Crippen MR) is 94.3 cm³/mol. The third-order valence-corrected chi connectivity index (χ3v) is 3.88. The molecule has 1 amide bonds. The van der Waals surface area contributed by atoms with E-state index in [4.69, 9.17) is 4.74 Å². The molecular formula is C19H24N2O2. The Bertz CT molecular complexity index is 633. The van der Waals surface area contributed by atoms with Gasteiger partial charge >= 0.3 is 0 Å². The number of carbonyl (C=O) groups is 1. The summed E-state index contributed by atoms with van der Waals surface area (Å²) < 4.78 is 5.17. The van der Waals surface area contributed by atoms with Gasteiger partial charge in [-0.25, -0.2) is 0 Å². The van der Waals surface area contributed by atoms with Crippen molar-refractivity contribution in [3.8, 4) is 5.75 Å². The van der Waals surface area contributed by atoms with E-state index in [0.29, 0.717) is 5.56 Å². The van der Waals surface area contributed by atoms with Crippen LogP contribution in [0.15, 0.2) is 48.5 Å². The van der Waals surface area contributed by atoms with Crippen molar-refractivity contribution in [3.05, 3.63) is 59.7 Å². The predicted octanol–water partition coefficient (Wildman–Crippen LogP) is 3.64. The number of amides is 1. The molecule has 2 rings (SSSR count). The zero-order chi connectivity index (χ0) is 16.8. The van der Waals surface area contributed by atoms with Gasteiger partial charge in [0.25, 0.3) is 5.91 Å². The molecule has 4 heteroatoms. The Morgan fingerprint density at radius 1 is 1.09 bits per heavy atom. The summed E-state index contributed by atoms with van der Waals surface area (Å²) in [6, 6.07) is 15.4. The molecule has 4 nitrogen and oxygen atoms in total. The fraction of sp³-hybridized carbons (Fsp3) is 0.316. The summed E-state index contributed by atoms with van der Waals surface area (Å²) in [4.78, 5) is 14.4. The number of hydrogen-bond donors (Lipinski definition) is 1. The highest BCUT2D eigenvalue weighted by Crippen LogP contribution is 2.21. The van der Waals surface area contributed by atoms with Crippen LogP contribution in [0.5, 0.6) is 5.75 Å². The van der Waals surface area contributed by atoms with E-state index in [1.165, 1.54) is 0 Å². The summed E-state index contributed by atoms with van der Waals surface area (Å²) in [7, 11) is 5.60. The second-order valence-corrected chi connectivity index (χ2v) is 5.65. The molecule has 0 aliphatic heterocycles. The van der Waals surface area contributed by atoms with Crippen LogP contribution in [0.25, 0.3) is 0 Å². The lowest BCUT2D eigenvalue weighted by Crippen LogP contribution is -2.28. The zero-order valence-corrected chi connectivity index (χ0v) is 14.2. The minimum Gasteiger partial charge on any atom is -0.497 e. The van der Waals surface area contributed by atoms with Crippen LogP contribution in [-0.4, -0.2) is 27.1 Å². The number of anilines is 1. The van der Waals surface area contributed by atoms with Crippen molar-refractivity contribution in [1.29, 1.82) is 0 Å². The Morgan fingerprint density at radius 2 is 1.70 bits per heavy atom. The normalized spacial score (nSPS) is 11.7. The van der Waals surface area contributed by atoms with Gasteiger partial charge < -0.3 is 15.0 Å². The first-order valence-electron chi connectivity index (χ1n) is 7.77. The SMILES string of the molecule is CCC(NC(=O)c1ccc(N(C)C)cc1)c1ccc(OC)cc1. The van der Waals surface area contributed by atoms with Gasteiger partial charge in [0.2, 0.25) is 0 Å². The highest BCUT2D eigenvalue weighted by Gasteiger charge is 2.14. The van der Waals surface area contributed by atoms with Crippen molar-refractivity contribution in [2.45, 2.75) is 19.4 Å². The van der Waals surface area contributed by atoms with Gasteiger partial charge in [-0.1, -0.05) is 19.1 Å². The van der Waals surface area contributed by atoms with Gasteiger partial charge in [0.1, 0.15) is 5.75 Å². The molecular weight excluding hydrogens is 288 g/mol. The van der Waals surface area contributed by atoms with E-state index in [2.05, 4.69) is 12.2 Å². The van der Waals surface area contributed by atoms with Crippen LogP contribution in [0.2, 0.25) is 0 Å². The van der Waals surface area contributed by atoms with E-state index in [9.17, 15) is 4.79 Å². The van der Waals surface area contributed by atoms with Gasteiger partial charge in [0, 0.05) is 25.3 Å². The zero-order valence-electron chi connectivity index (χ0n) is 14.2. The average molecular weight is 312 g/mol. The smallest absolute Gasteiger partial charge is 0.251 e. The van der Waals surface area contributed by atoms with Gasteiger partial charge in [0.05, 0.1) is 13.2 Å². The number of nitrogens with one attached hydrogen (secondary N) is 1. The number of carbonyl (C=O) groups excluding carboxylic acids is 1. The van der Waals surface area contributed by atoms with Crippen molar-refractivity contribution in [2.75, 3.05) is 26.1 Å². The third kappa shape index (κ3) is 4.25. The first-order chi connectivity index (χ1) is 11.0. The number of methoxy groups -OCH3 is 1. The van der Waals surface area contributed by atoms with Crippen LogP contribution in [-0.2, 0) is 0 Å². The average Bonchev–Trinajstić information content (AvgIpc) is 2.59. The van der Waals surface area contributed by atoms with Gasteiger partial charge in [-0.15, -0.1) is 0 Å². The van der Waals surface area contributed by atoms with Crippen molar-refractivity contribution in [2.24, 2.45) is 0 Å². The van der Waals surface area contributed by atoms with Crippen LogP contribution >= 0.6 is 0 Å². The highest BCUT2D eigenvalue weighted by atomic mass is 16.5.